The van der Waals surface area contributed by atoms with Crippen molar-refractivity contribution in [3.8, 4) is 17.2 Å². The Bertz CT molecular complexity index is 1440. The van der Waals surface area contributed by atoms with Crippen LogP contribution in [0.25, 0.3) is 0 Å². The van der Waals surface area contributed by atoms with Gasteiger partial charge in [-0.1, -0.05) is 41.9 Å². The molecule has 0 unspecified atom stereocenters. The van der Waals surface area contributed by atoms with Crippen molar-refractivity contribution in [2.75, 3.05) is 38.8 Å². The molecule has 1 aromatic heterocycles. The summed E-state index contributed by atoms with van der Waals surface area (Å²) in [6, 6.07) is 19.2. The number of carbonyl (C=O) groups is 1. The highest BCUT2D eigenvalue weighted by Gasteiger charge is 2.25. The summed E-state index contributed by atoms with van der Waals surface area (Å²) < 4.78 is 19.0. The van der Waals surface area contributed by atoms with Gasteiger partial charge in [-0.25, -0.2) is 4.98 Å². The van der Waals surface area contributed by atoms with Gasteiger partial charge in [0.2, 0.25) is 0 Å². The van der Waals surface area contributed by atoms with Crippen LogP contribution in [0.5, 0.6) is 17.2 Å². The number of benzene rings is 3. The lowest BCUT2D eigenvalue weighted by atomic mass is 10.1. The molecule has 2 heterocycles. The van der Waals surface area contributed by atoms with Gasteiger partial charge in [0.15, 0.2) is 17.2 Å². The zero-order valence-corrected chi connectivity index (χ0v) is 22.8. The van der Waals surface area contributed by atoms with Gasteiger partial charge in [0.05, 0.1) is 50.6 Å². The van der Waals surface area contributed by atoms with Gasteiger partial charge < -0.3 is 29.0 Å². The zero-order valence-electron chi connectivity index (χ0n) is 22.0. The van der Waals surface area contributed by atoms with E-state index in [1.54, 1.807) is 20.3 Å². The number of ether oxygens (including phenoxy) is 3. The molecule has 0 saturated heterocycles. The quantitative estimate of drug-likeness (QED) is 0.302. The maximum Gasteiger partial charge on any atom is 0.255 e. The Morgan fingerprint density at radius 3 is 2.67 bits per heavy atom. The number of fused-ring (bicyclic) bond motifs is 1. The van der Waals surface area contributed by atoms with Crippen LogP contribution in [0.2, 0.25) is 5.02 Å². The van der Waals surface area contributed by atoms with Gasteiger partial charge in [-0.2, -0.15) is 0 Å². The standard InChI is InChI=1S/C30H31ClN4O4/c1-37-27-8-3-5-22(28(27)38-2)13-14-33-30(36)25-6-4-7-26-29(25)39-16-15-34(26)19-24-17-32-20-35(24)18-21-9-11-23(31)12-10-21/h3-12,17,20H,13-16,18-19H2,1-2H3,(H,33,36). The molecule has 1 N–H and O–H groups in total. The van der Waals surface area contributed by atoms with Crippen LogP contribution in [-0.2, 0) is 19.5 Å². The molecule has 0 radical (unpaired) electrons. The number of nitrogens with one attached hydrogen (secondary N) is 1. The number of nitrogens with zero attached hydrogens (tertiary/aromatic N) is 3. The first-order chi connectivity index (χ1) is 19.1. The van der Waals surface area contributed by atoms with E-state index in [9.17, 15) is 4.79 Å². The molecule has 202 valence electrons. The highest BCUT2D eigenvalue weighted by atomic mass is 35.5. The number of aromatic nitrogens is 2. The zero-order chi connectivity index (χ0) is 27.2. The number of hydrogen-bond acceptors (Lipinski definition) is 6. The van der Waals surface area contributed by atoms with E-state index in [0.717, 1.165) is 27.5 Å². The number of hydrogen-bond donors (Lipinski definition) is 1. The fraction of sp³-hybridized carbons (Fsp3) is 0.267. The molecule has 9 heteroatoms. The SMILES string of the molecule is COc1cccc(CCNC(=O)c2cccc3c2OCCN3Cc2cncn2Cc2ccc(Cl)cc2)c1OC. The third kappa shape index (κ3) is 5.96. The summed E-state index contributed by atoms with van der Waals surface area (Å²) in [5.74, 6) is 1.77. The minimum Gasteiger partial charge on any atom is -0.493 e. The van der Waals surface area contributed by atoms with Crippen LogP contribution in [0.4, 0.5) is 5.69 Å². The second kappa shape index (κ2) is 12.1. The number of carbonyl (C=O) groups excluding carboxylic acids is 1. The van der Waals surface area contributed by atoms with Crippen LogP contribution < -0.4 is 24.4 Å². The second-order valence-corrected chi connectivity index (χ2v) is 9.66. The smallest absolute Gasteiger partial charge is 0.255 e. The van der Waals surface area contributed by atoms with Crippen molar-refractivity contribution in [2.24, 2.45) is 0 Å². The Morgan fingerprint density at radius 2 is 1.87 bits per heavy atom. The molecule has 1 amide bonds. The molecule has 0 spiro atoms. The lowest BCUT2D eigenvalue weighted by Crippen LogP contribution is -2.34. The van der Waals surface area contributed by atoms with Crippen LogP contribution in [0, 0.1) is 0 Å². The number of anilines is 1. The Morgan fingerprint density at radius 1 is 1.05 bits per heavy atom. The Kier molecular flexibility index (Phi) is 8.22. The Hall–Kier alpha value is -4.17. The maximum absolute atomic E-state index is 13.2. The molecule has 0 fully saturated rings. The molecule has 3 aromatic carbocycles. The van der Waals surface area contributed by atoms with E-state index < -0.39 is 0 Å². The van der Waals surface area contributed by atoms with Crippen molar-refractivity contribution in [2.45, 2.75) is 19.5 Å². The predicted octanol–water partition coefficient (Wildman–Crippen LogP) is 4.97. The third-order valence-corrected chi connectivity index (χ3v) is 7.02. The summed E-state index contributed by atoms with van der Waals surface area (Å²) in [5.41, 5.74) is 4.59. The van der Waals surface area contributed by atoms with E-state index in [1.165, 1.54) is 0 Å². The predicted molar refractivity (Wildman–Crippen MR) is 151 cm³/mol. The highest BCUT2D eigenvalue weighted by Crippen LogP contribution is 2.36. The van der Waals surface area contributed by atoms with Crippen LogP contribution in [0.1, 0.15) is 27.2 Å². The molecular weight excluding hydrogens is 516 g/mol. The summed E-state index contributed by atoms with van der Waals surface area (Å²) in [6.07, 6.45) is 4.33. The van der Waals surface area contributed by atoms with Crippen molar-refractivity contribution >= 4 is 23.2 Å². The van der Waals surface area contributed by atoms with Gasteiger partial charge in [0, 0.05) is 24.3 Å². The van der Waals surface area contributed by atoms with Crippen molar-refractivity contribution in [1.82, 2.24) is 14.9 Å². The summed E-state index contributed by atoms with van der Waals surface area (Å²) in [6.45, 7) is 2.98. The van der Waals surface area contributed by atoms with E-state index in [0.29, 0.717) is 62.0 Å². The monoisotopic (exact) mass is 546 g/mol. The number of para-hydroxylation sites is 2. The fourth-order valence-corrected chi connectivity index (χ4v) is 4.93. The van der Waals surface area contributed by atoms with Crippen molar-refractivity contribution in [1.29, 1.82) is 0 Å². The molecule has 0 bridgehead atoms. The van der Waals surface area contributed by atoms with E-state index in [2.05, 4.69) is 19.8 Å². The van der Waals surface area contributed by atoms with Gasteiger partial charge >= 0.3 is 0 Å². The molecule has 1 aliphatic rings. The largest absolute Gasteiger partial charge is 0.493 e. The van der Waals surface area contributed by atoms with E-state index in [1.807, 2.05) is 67.1 Å². The van der Waals surface area contributed by atoms with Gasteiger partial charge in [-0.05, 0) is 47.9 Å². The van der Waals surface area contributed by atoms with E-state index in [-0.39, 0.29) is 5.91 Å². The van der Waals surface area contributed by atoms with Gasteiger partial charge in [-0.3, -0.25) is 4.79 Å². The molecule has 0 aliphatic carbocycles. The van der Waals surface area contributed by atoms with Crippen molar-refractivity contribution in [3.63, 3.8) is 0 Å². The number of rotatable bonds is 10. The van der Waals surface area contributed by atoms with Gasteiger partial charge in [0.1, 0.15) is 6.61 Å². The summed E-state index contributed by atoms with van der Waals surface area (Å²) in [4.78, 5) is 19.8. The summed E-state index contributed by atoms with van der Waals surface area (Å²) >= 11 is 6.04. The van der Waals surface area contributed by atoms with Crippen LogP contribution in [0.3, 0.4) is 0 Å². The van der Waals surface area contributed by atoms with Gasteiger partial charge in [0.25, 0.3) is 5.91 Å². The molecule has 0 atom stereocenters. The third-order valence-electron chi connectivity index (χ3n) is 6.77. The number of halogens is 1. The van der Waals surface area contributed by atoms with Crippen LogP contribution in [0.15, 0.2) is 73.2 Å². The number of methoxy groups -OCH3 is 2. The Balaban J connectivity index is 1.27. The first-order valence-electron chi connectivity index (χ1n) is 12.8. The number of imidazole rings is 1. The highest BCUT2D eigenvalue weighted by molar-refractivity contribution is 6.30. The first-order valence-corrected chi connectivity index (χ1v) is 13.2. The normalized spacial score (nSPS) is 12.4. The average molecular weight is 547 g/mol. The topological polar surface area (TPSA) is 77.9 Å². The van der Waals surface area contributed by atoms with E-state index >= 15 is 0 Å². The minimum absolute atomic E-state index is 0.177. The molecule has 1 aliphatic heterocycles. The molecular formula is C30H31ClN4O4. The van der Waals surface area contributed by atoms with Crippen LogP contribution in [-0.4, -0.2) is 49.4 Å². The second-order valence-electron chi connectivity index (χ2n) is 9.22. The Labute approximate surface area is 233 Å². The maximum atomic E-state index is 13.2. The molecule has 0 saturated carbocycles. The number of amides is 1. The summed E-state index contributed by atoms with van der Waals surface area (Å²) in [7, 11) is 3.22. The van der Waals surface area contributed by atoms with E-state index in [4.69, 9.17) is 25.8 Å². The molecule has 8 nitrogen and oxygen atoms in total. The summed E-state index contributed by atoms with van der Waals surface area (Å²) in [5, 5.41) is 3.75. The molecule has 5 rings (SSSR count). The van der Waals surface area contributed by atoms with Crippen molar-refractivity contribution < 1.29 is 19.0 Å². The average Bonchev–Trinajstić information content (AvgIpc) is 3.40. The van der Waals surface area contributed by atoms with Crippen LogP contribution >= 0.6 is 11.6 Å². The lowest BCUT2D eigenvalue weighted by Gasteiger charge is -2.32. The lowest BCUT2D eigenvalue weighted by molar-refractivity contribution is 0.0949. The minimum atomic E-state index is -0.177. The molecule has 39 heavy (non-hydrogen) atoms. The molecule has 4 aromatic rings. The van der Waals surface area contributed by atoms with Gasteiger partial charge in [-0.15, -0.1) is 0 Å². The fourth-order valence-electron chi connectivity index (χ4n) is 4.81. The first kappa shape index (κ1) is 26.4. The van der Waals surface area contributed by atoms with Crippen molar-refractivity contribution in [3.05, 3.63) is 101 Å².